The van der Waals surface area contributed by atoms with Gasteiger partial charge >= 0.3 is 12.1 Å². The van der Waals surface area contributed by atoms with Crippen molar-refractivity contribution in [3.63, 3.8) is 0 Å². The fourth-order valence-corrected chi connectivity index (χ4v) is 3.22. The van der Waals surface area contributed by atoms with E-state index in [1.54, 1.807) is 56.8 Å². The molecule has 232 valence electrons. The number of hydrogen-bond acceptors (Lipinski definition) is 9. The summed E-state index contributed by atoms with van der Waals surface area (Å²) in [4.78, 5) is 55.6. The van der Waals surface area contributed by atoms with E-state index in [4.69, 9.17) is 14.2 Å². The molecule has 0 saturated carbocycles. The quantitative estimate of drug-likeness (QED) is 0.0720. The van der Waals surface area contributed by atoms with Crippen LogP contribution in [-0.4, -0.2) is 79.9 Å². The average Bonchev–Trinajstić information content (AvgIpc) is 2.84. The number of ether oxygens (including phenoxy) is 3. The minimum absolute atomic E-state index is 0. The normalized spacial score (nSPS) is 10.9. The Morgan fingerprint density at radius 3 is 2.17 bits per heavy atom. The summed E-state index contributed by atoms with van der Waals surface area (Å²) < 4.78 is 15.4. The number of carbonyl (C=O) groups is 4. The second-order valence-electron chi connectivity index (χ2n) is 9.32. The molecule has 4 N–H and O–H groups in total. The molecule has 0 aliphatic rings. The van der Waals surface area contributed by atoms with Gasteiger partial charge in [0.25, 0.3) is 0 Å². The third kappa shape index (κ3) is 20.6. The second kappa shape index (κ2) is 20.5. The fraction of sp³-hybridized carbons (Fsp3) is 0.577. The number of rotatable bonds is 14. The van der Waals surface area contributed by atoms with Gasteiger partial charge < -0.3 is 40.3 Å². The largest absolute Gasteiger partial charge is 0.522 e. The van der Waals surface area contributed by atoms with Crippen LogP contribution in [0.1, 0.15) is 47.1 Å². The van der Waals surface area contributed by atoms with Gasteiger partial charge in [0.1, 0.15) is 24.0 Å². The number of amides is 4. The summed E-state index contributed by atoms with van der Waals surface area (Å²) in [5.41, 5.74) is 0.200. The number of esters is 1. The van der Waals surface area contributed by atoms with Crippen LogP contribution in [0, 0.1) is 0 Å². The zero-order valence-corrected chi connectivity index (χ0v) is 27.2. The fourth-order valence-electron chi connectivity index (χ4n) is 2.60. The molecule has 0 radical (unpaired) electrons. The summed E-state index contributed by atoms with van der Waals surface area (Å²) in [6.07, 6.45) is 1.07. The van der Waals surface area contributed by atoms with Crippen LogP contribution in [0.2, 0.25) is 0 Å². The Morgan fingerprint density at radius 2 is 1.68 bits per heavy atom. The van der Waals surface area contributed by atoms with Crippen molar-refractivity contribution in [2.24, 2.45) is 0 Å². The zero-order valence-electron chi connectivity index (χ0n) is 24.0. The summed E-state index contributed by atoms with van der Waals surface area (Å²) in [6, 6.07) is 6.01. The molecule has 4 amide bonds. The molecule has 0 aliphatic heterocycles. The Morgan fingerprint density at radius 1 is 1.05 bits per heavy atom. The average molecular weight is 827 g/mol. The van der Waals surface area contributed by atoms with Crippen molar-refractivity contribution >= 4 is 42.0 Å². The summed E-state index contributed by atoms with van der Waals surface area (Å²) in [6.45, 7) is 11.3. The first-order valence-electron chi connectivity index (χ1n) is 12.3. The predicted octanol–water partition coefficient (Wildman–Crippen LogP) is 1.67. The number of benzene rings is 1. The van der Waals surface area contributed by atoms with E-state index >= 15 is 0 Å². The molecule has 0 bridgehead atoms. The molecule has 12 nitrogen and oxygen atoms in total. The number of thioether (sulfide) groups is 1. The molecule has 1 rings (SSSR count). The van der Waals surface area contributed by atoms with Crippen LogP contribution in [0.5, 0.6) is 5.75 Å². The maximum Gasteiger partial charge on any atom is 0.407 e. The molecule has 1 unspecified atom stereocenters. The van der Waals surface area contributed by atoms with E-state index in [0.717, 1.165) is 11.4 Å². The second-order valence-corrected chi connectivity index (χ2v) is 10.9. The van der Waals surface area contributed by atoms with E-state index in [-0.39, 0.29) is 32.0 Å². The third-order valence-corrected chi connectivity index (χ3v) is 5.26. The van der Waals surface area contributed by atoms with Gasteiger partial charge in [0, 0.05) is 18.6 Å². The SMILES string of the molecule is CC(=O)NCSC(C)C.COC(=O)C(Cc1ccc(OCCNC(=O)OC(C)(C)C)cc1)NC(=O)CN[C-]=O.[Fm]. The molecule has 40 heavy (non-hydrogen) atoms. The van der Waals surface area contributed by atoms with Gasteiger partial charge in [-0.05, 0) is 38.5 Å². The molecular formula is C26H41FmN4O8S-. The van der Waals surface area contributed by atoms with Gasteiger partial charge in [-0.15, -0.1) is 11.8 Å². The summed E-state index contributed by atoms with van der Waals surface area (Å²) in [7, 11) is 1.22. The molecule has 0 saturated heterocycles. The van der Waals surface area contributed by atoms with Crippen LogP contribution < -0.4 is 26.0 Å². The minimum atomic E-state index is -0.902. The van der Waals surface area contributed by atoms with Crippen molar-refractivity contribution < 1.29 is 38.2 Å². The van der Waals surface area contributed by atoms with E-state index in [1.165, 1.54) is 20.4 Å². The van der Waals surface area contributed by atoms with E-state index in [9.17, 15) is 24.0 Å². The Labute approximate surface area is 234 Å². The first-order chi connectivity index (χ1) is 18.3. The van der Waals surface area contributed by atoms with Crippen molar-refractivity contribution in [3.8, 4) is 5.75 Å². The molecule has 0 fully saturated rings. The van der Waals surface area contributed by atoms with E-state index in [0.29, 0.717) is 11.0 Å². The van der Waals surface area contributed by atoms with E-state index < -0.39 is 29.6 Å². The molecule has 1 aromatic rings. The third-order valence-electron chi connectivity index (χ3n) is 4.28. The monoisotopic (exact) mass is 826 g/mol. The molecule has 14 heteroatoms. The van der Waals surface area contributed by atoms with Gasteiger partial charge in [0.15, 0.2) is 0 Å². The minimum Gasteiger partial charge on any atom is -0.522 e. The molecule has 1 atom stereocenters. The van der Waals surface area contributed by atoms with Crippen LogP contribution >= 0.6 is 11.8 Å². The Balaban J connectivity index is 0. The maximum atomic E-state index is 11.9. The first-order valence-corrected chi connectivity index (χ1v) is 13.3. The maximum absolute atomic E-state index is 11.9. The van der Waals surface area contributed by atoms with E-state index in [2.05, 4.69) is 35.1 Å². The Bertz CT molecular complexity index is 911. The topological polar surface area (TPSA) is 161 Å². The predicted molar refractivity (Wildman–Crippen MR) is 149 cm³/mol. The molecular weight excluding hydrogens is 785 g/mol. The number of carbonyl (C=O) groups excluding carboxylic acids is 5. The molecule has 0 aromatic heterocycles. The van der Waals surface area contributed by atoms with Gasteiger partial charge in [0.05, 0.1) is 26.1 Å². The van der Waals surface area contributed by atoms with Crippen molar-refractivity contribution in [1.29, 1.82) is 0 Å². The number of methoxy groups -OCH3 is 1. The molecule has 1 aromatic carbocycles. The van der Waals surface area contributed by atoms with Crippen LogP contribution in [0.15, 0.2) is 24.3 Å². The summed E-state index contributed by atoms with van der Waals surface area (Å²) in [5, 5.41) is 10.5. The summed E-state index contributed by atoms with van der Waals surface area (Å²) in [5.74, 6) is 0.211. The van der Waals surface area contributed by atoms with Gasteiger partial charge in [-0.1, -0.05) is 26.0 Å². The van der Waals surface area contributed by atoms with Gasteiger partial charge in [-0.2, -0.15) is 6.41 Å². The number of nitrogens with one attached hydrogen (secondary N) is 4. The summed E-state index contributed by atoms with van der Waals surface area (Å²) >= 11 is 1.73. The zero-order chi connectivity index (χ0) is 29.8. The molecule has 0 heterocycles. The van der Waals surface area contributed by atoms with Crippen LogP contribution in [0.25, 0.3) is 0 Å². The van der Waals surface area contributed by atoms with Crippen LogP contribution in [-0.2, 0) is 35.1 Å². The van der Waals surface area contributed by atoms with Crippen LogP contribution in [0.4, 0.5) is 4.79 Å². The number of alkyl carbamates (subject to hydrolysis) is 1. The van der Waals surface area contributed by atoms with Gasteiger partial charge in [0.2, 0.25) is 11.8 Å². The Kier molecular flexibility index (Phi) is 19.3. The molecule has 0 spiro atoms. The molecule has 0 aliphatic carbocycles. The number of hydrogen-bond donors (Lipinski definition) is 4. The van der Waals surface area contributed by atoms with Crippen molar-refractivity contribution in [1.82, 2.24) is 21.3 Å². The van der Waals surface area contributed by atoms with Crippen molar-refractivity contribution in [2.45, 2.75) is 64.9 Å². The smallest absolute Gasteiger partial charge is 0.407 e. The van der Waals surface area contributed by atoms with Gasteiger partial charge in [-0.25, -0.2) is 9.59 Å². The van der Waals surface area contributed by atoms with Crippen molar-refractivity contribution in [2.75, 3.05) is 32.7 Å². The standard InChI is InChI=1S/C20H28N3O7.C6H13NOS.Fm/c1-20(2,3)30-19(27)22-9-10-29-15-7-5-14(6-8-15)11-16(18(26)28-4)23-17(25)12-21-13-24;1-5(2)9-4-7-6(3)8;/h5-8,16H,9-12H2,1-4H3,(H,21,24)(H,22,27)(H,23,25);5H,4H2,1-3H3,(H,7,8);/q-1;;. The first kappa shape index (κ1) is 37.7. The van der Waals surface area contributed by atoms with Crippen molar-refractivity contribution in [3.05, 3.63) is 29.8 Å². The Hall–Kier alpha value is -4.48. The van der Waals surface area contributed by atoms with Crippen LogP contribution in [0.3, 0.4) is 0 Å². The van der Waals surface area contributed by atoms with Gasteiger partial charge in [-0.3, -0.25) is 9.59 Å². The van der Waals surface area contributed by atoms with E-state index in [1.807, 2.05) is 0 Å².